The van der Waals surface area contributed by atoms with Crippen molar-refractivity contribution >= 4 is 40.2 Å². The molecular weight excluding hydrogens is 392 g/mol. The minimum Gasteiger partial charge on any atom is -0.359 e. The lowest BCUT2D eigenvalue weighted by molar-refractivity contribution is -0.154. The largest absolute Gasteiger partial charge is 0.359 e. The van der Waals surface area contributed by atoms with Crippen molar-refractivity contribution in [1.29, 1.82) is 0 Å². The van der Waals surface area contributed by atoms with E-state index in [1.165, 1.54) is 7.05 Å². The number of carbonyl (C=O) groups excluding carboxylic acids is 3. The summed E-state index contributed by atoms with van der Waals surface area (Å²) in [6, 6.07) is 4.01. The summed E-state index contributed by atoms with van der Waals surface area (Å²) in [6.07, 6.45) is 1.10. The fraction of sp³-hybridized carbons (Fsp3) is 0.476. The number of fused-ring (bicyclic) bond motifs is 4. The predicted octanol–water partition coefficient (Wildman–Crippen LogP) is 2.30. The Kier molecular flexibility index (Phi) is 5.02. The lowest BCUT2D eigenvalue weighted by Gasteiger charge is -2.46. The van der Waals surface area contributed by atoms with Crippen molar-refractivity contribution in [2.75, 3.05) is 7.05 Å². The first-order chi connectivity index (χ1) is 13.8. The molecule has 0 spiro atoms. The molecule has 1 saturated heterocycles. The van der Waals surface area contributed by atoms with Crippen LogP contribution in [0.15, 0.2) is 18.2 Å². The van der Waals surface area contributed by atoms with Gasteiger partial charge in [0.1, 0.15) is 12.1 Å². The van der Waals surface area contributed by atoms with Crippen molar-refractivity contribution in [2.45, 2.75) is 51.2 Å². The van der Waals surface area contributed by atoms with Crippen molar-refractivity contribution in [3.8, 4) is 0 Å². The molecule has 1 fully saturated rings. The molecule has 3 atom stereocenters. The molecule has 0 saturated carbocycles. The molecule has 3 amide bonds. The highest BCUT2D eigenvalue weighted by Gasteiger charge is 2.48. The molecule has 7 nitrogen and oxygen atoms in total. The number of hydrogen-bond acceptors (Lipinski definition) is 3. The van der Waals surface area contributed by atoms with E-state index >= 15 is 0 Å². The van der Waals surface area contributed by atoms with E-state index < -0.39 is 12.1 Å². The molecule has 3 N–H and O–H groups in total. The molecule has 2 aliphatic rings. The third-order valence-electron chi connectivity index (χ3n) is 5.84. The number of hydrogen-bond donors (Lipinski definition) is 3. The Balaban J connectivity index is 1.80. The number of amides is 3. The van der Waals surface area contributed by atoms with Crippen LogP contribution in [-0.2, 0) is 20.8 Å². The number of carbonyl (C=O) groups is 3. The average Bonchev–Trinajstić information content (AvgIpc) is 3.02. The zero-order valence-corrected chi connectivity index (χ0v) is 17.5. The smallest absolute Gasteiger partial charge is 0.246 e. The quantitative estimate of drug-likeness (QED) is 0.713. The van der Waals surface area contributed by atoms with Crippen LogP contribution in [-0.4, -0.2) is 46.7 Å². The number of halogens is 1. The van der Waals surface area contributed by atoms with E-state index in [1.807, 2.05) is 18.2 Å². The Morgan fingerprint density at radius 2 is 2.10 bits per heavy atom. The van der Waals surface area contributed by atoms with Gasteiger partial charge in [0.15, 0.2) is 0 Å². The fourth-order valence-electron chi connectivity index (χ4n) is 4.54. The van der Waals surface area contributed by atoms with Gasteiger partial charge in [0.2, 0.25) is 17.7 Å². The molecule has 0 unspecified atom stereocenters. The van der Waals surface area contributed by atoms with Crippen LogP contribution >= 0.6 is 11.6 Å². The lowest BCUT2D eigenvalue weighted by atomic mass is 9.85. The summed E-state index contributed by atoms with van der Waals surface area (Å²) >= 11 is 6.17. The van der Waals surface area contributed by atoms with Gasteiger partial charge in [0, 0.05) is 35.1 Å². The van der Waals surface area contributed by atoms with Gasteiger partial charge in [-0.05, 0) is 30.0 Å². The molecule has 0 aliphatic carbocycles. The number of H-pyrrole nitrogens is 1. The first-order valence-electron chi connectivity index (χ1n) is 9.93. The topological polar surface area (TPSA) is 94.3 Å². The highest BCUT2D eigenvalue weighted by atomic mass is 35.5. The van der Waals surface area contributed by atoms with Gasteiger partial charge < -0.3 is 20.5 Å². The van der Waals surface area contributed by atoms with Crippen LogP contribution < -0.4 is 10.6 Å². The van der Waals surface area contributed by atoms with E-state index in [1.54, 1.807) is 4.90 Å². The standard InChI is InChI=1S/C21H25ClN4O3/c1-10(2)6-16-19-13(12-5-4-11(22)7-14(12)24-19)8-17-20(28)25-15(9-18(27)23-3)21(29)26(16)17/h4-5,7,10,15-17,24H,6,8-9H2,1-3H3,(H,23,27)(H,25,28)/t15-,16-,17-/m0/s1. The fourth-order valence-corrected chi connectivity index (χ4v) is 4.71. The van der Waals surface area contributed by atoms with Crippen LogP contribution in [0.1, 0.15) is 44.0 Å². The van der Waals surface area contributed by atoms with Crippen LogP contribution in [0, 0.1) is 5.92 Å². The van der Waals surface area contributed by atoms with Gasteiger partial charge >= 0.3 is 0 Å². The number of nitrogens with one attached hydrogen (secondary N) is 3. The molecule has 4 rings (SSSR count). The van der Waals surface area contributed by atoms with Crippen LogP contribution in [0.25, 0.3) is 10.9 Å². The maximum absolute atomic E-state index is 13.3. The van der Waals surface area contributed by atoms with Crippen molar-refractivity contribution in [1.82, 2.24) is 20.5 Å². The minimum atomic E-state index is -0.839. The molecular formula is C21H25ClN4O3. The number of piperazine rings is 1. The van der Waals surface area contributed by atoms with Gasteiger partial charge in [0.25, 0.3) is 0 Å². The third kappa shape index (κ3) is 3.37. The van der Waals surface area contributed by atoms with E-state index in [0.717, 1.165) is 28.6 Å². The zero-order chi connectivity index (χ0) is 20.9. The van der Waals surface area contributed by atoms with Gasteiger partial charge in [-0.2, -0.15) is 0 Å². The molecule has 3 heterocycles. The SMILES string of the molecule is CNC(=O)C[C@@H]1NC(=O)[C@@H]2Cc3c([nH]c4cc(Cl)ccc34)[C@H](CC(C)C)N2C1=O. The first kappa shape index (κ1) is 19.8. The second kappa shape index (κ2) is 7.37. The summed E-state index contributed by atoms with van der Waals surface area (Å²) in [5, 5.41) is 6.95. The van der Waals surface area contributed by atoms with E-state index in [0.29, 0.717) is 17.4 Å². The number of aromatic nitrogens is 1. The normalized spacial score (nSPS) is 23.8. The van der Waals surface area contributed by atoms with Crippen molar-refractivity contribution in [3.63, 3.8) is 0 Å². The molecule has 1 aromatic carbocycles. The van der Waals surface area contributed by atoms with Gasteiger partial charge in [-0.15, -0.1) is 0 Å². The molecule has 0 radical (unpaired) electrons. The minimum absolute atomic E-state index is 0.0616. The van der Waals surface area contributed by atoms with Crippen molar-refractivity contribution in [3.05, 3.63) is 34.5 Å². The Morgan fingerprint density at radius 3 is 2.79 bits per heavy atom. The van der Waals surface area contributed by atoms with Crippen LogP contribution in [0.2, 0.25) is 5.02 Å². The Hall–Kier alpha value is -2.54. The van der Waals surface area contributed by atoms with E-state index in [-0.39, 0.29) is 30.2 Å². The highest BCUT2D eigenvalue weighted by molar-refractivity contribution is 6.31. The summed E-state index contributed by atoms with van der Waals surface area (Å²) < 4.78 is 0. The average molecular weight is 417 g/mol. The van der Waals surface area contributed by atoms with E-state index in [9.17, 15) is 14.4 Å². The molecule has 29 heavy (non-hydrogen) atoms. The van der Waals surface area contributed by atoms with Crippen molar-refractivity contribution < 1.29 is 14.4 Å². The summed E-state index contributed by atoms with van der Waals surface area (Å²) in [6.45, 7) is 4.19. The predicted molar refractivity (Wildman–Crippen MR) is 110 cm³/mol. The zero-order valence-electron chi connectivity index (χ0n) is 16.7. The molecule has 1 aromatic heterocycles. The Morgan fingerprint density at radius 1 is 1.34 bits per heavy atom. The summed E-state index contributed by atoms with van der Waals surface area (Å²) in [5.41, 5.74) is 2.94. The maximum Gasteiger partial charge on any atom is 0.246 e. The lowest BCUT2D eigenvalue weighted by Crippen LogP contribution is -2.66. The summed E-state index contributed by atoms with van der Waals surface area (Å²) in [7, 11) is 1.52. The van der Waals surface area contributed by atoms with E-state index in [4.69, 9.17) is 11.6 Å². The van der Waals surface area contributed by atoms with Crippen LogP contribution in [0.5, 0.6) is 0 Å². The molecule has 154 valence electrons. The summed E-state index contributed by atoms with van der Waals surface area (Å²) in [5.74, 6) is -0.371. The third-order valence-corrected chi connectivity index (χ3v) is 6.07. The number of benzene rings is 1. The first-order valence-corrected chi connectivity index (χ1v) is 10.3. The number of rotatable bonds is 4. The van der Waals surface area contributed by atoms with Gasteiger partial charge in [-0.25, -0.2) is 0 Å². The Labute approximate surface area is 174 Å². The highest BCUT2D eigenvalue weighted by Crippen LogP contribution is 2.42. The number of nitrogens with zero attached hydrogens (tertiary/aromatic N) is 1. The molecule has 2 aromatic rings. The summed E-state index contributed by atoms with van der Waals surface area (Å²) in [4.78, 5) is 43.3. The van der Waals surface area contributed by atoms with Gasteiger partial charge in [-0.1, -0.05) is 31.5 Å². The van der Waals surface area contributed by atoms with Gasteiger partial charge in [0.05, 0.1) is 12.5 Å². The number of aromatic amines is 1. The second-order valence-corrected chi connectivity index (χ2v) is 8.69. The molecule has 2 aliphatic heterocycles. The van der Waals surface area contributed by atoms with Crippen LogP contribution in [0.4, 0.5) is 0 Å². The monoisotopic (exact) mass is 416 g/mol. The molecule has 0 bridgehead atoms. The van der Waals surface area contributed by atoms with Crippen LogP contribution in [0.3, 0.4) is 0 Å². The Bertz CT molecular complexity index is 999. The molecule has 8 heteroatoms. The van der Waals surface area contributed by atoms with Crippen molar-refractivity contribution in [2.24, 2.45) is 5.92 Å². The van der Waals surface area contributed by atoms with Gasteiger partial charge in [-0.3, -0.25) is 14.4 Å². The second-order valence-electron chi connectivity index (χ2n) is 8.26. The maximum atomic E-state index is 13.3. The van der Waals surface area contributed by atoms with E-state index in [2.05, 4.69) is 29.5 Å².